The molecule has 0 unspecified atom stereocenters. The fraction of sp³-hybridized carbons (Fsp3) is 0.538. The zero-order valence-electron chi connectivity index (χ0n) is 9.60. The Balaban J connectivity index is 2.47. The number of alkyl halides is 1. The van der Waals surface area contributed by atoms with Crippen molar-refractivity contribution in [1.29, 1.82) is 0 Å². The van der Waals surface area contributed by atoms with Crippen LogP contribution in [-0.2, 0) is 11.2 Å². The molecule has 0 radical (unpaired) electrons. The zero-order chi connectivity index (χ0) is 11.3. The molecule has 0 saturated heterocycles. The second kappa shape index (κ2) is 3.05. The molecule has 82 valence electrons. The van der Waals surface area contributed by atoms with Crippen LogP contribution in [0, 0.1) is 6.92 Å². The lowest BCUT2D eigenvalue weighted by Gasteiger charge is -2.19. The van der Waals surface area contributed by atoms with E-state index in [0.29, 0.717) is 0 Å². The number of hydrogen-bond donors (Lipinski definition) is 1. The molecule has 15 heavy (non-hydrogen) atoms. The average molecular weight is 207 g/mol. The van der Waals surface area contributed by atoms with Gasteiger partial charge in [0.15, 0.2) is 0 Å². The molecule has 2 N–H and O–H groups in total. The summed E-state index contributed by atoms with van der Waals surface area (Å²) in [5, 5.41) is 0. The maximum atomic E-state index is 13.8. The van der Waals surface area contributed by atoms with Crippen molar-refractivity contribution in [1.82, 2.24) is 0 Å². The number of hydrogen-bond acceptors (Lipinski definition) is 1. The van der Waals surface area contributed by atoms with Crippen LogP contribution in [0.5, 0.6) is 0 Å². The van der Waals surface area contributed by atoms with E-state index in [0.717, 1.165) is 24.0 Å². The average Bonchev–Trinajstić information content (AvgIpc) is 2.83. The summed E-state index contributed by atoms with van der Waals surface area (Å²) in [5.74, 6) is 0. The first-order valence-electron chi connectivity index (χ1n) is 5.42. The van der Waals surface area contributed by atoms with Gasteiger partial charge >= 0.3 is 0 Å². The quantitative estimate of drug-likeness (QED) is 0.792. The molecule has 1 nitrogen and oxygen atoms in total. The van der Waals surface area contributed by atoms with Gasteiger partial charge in [-0.25, -0.2) is 4.39 Å². The van der Waals surface area contributed by atoms with Gasteiger partial charge in [0.2, 0.25) is 0 Å². The van der Waals surface area contributed by atoms with Crippen molar-refractivity contribution in [3.05, 3.63) is 34.9 Å². The number of halogens is 1. The third-order valence-electron chi connectivity index (χ3n) is 3.25. The highest BCUT2D eigenvalue weighted by Crippen LogP contribution is 2.45. The normalized spacial score (nSPS) is 19.0. The maximum Gasteiger partial charge on any atom is 0.130 e. The lowest BCUT2D eigenvalue weighted by atomic mass is 9.92. The van der Waals surface area contributed by atoms with Crippen LogP contribution in [0.15, 0.2) is 18.2 Å². The zero-order valence-corrected chi connectivity index (χ0v) is 9.60. The Hall–Kier alpha value is -0.890. The van der Waals surface area contributed by atoms with Crippen LogP contribution in [0.1, 0.15) is 43.4 Å². The van der Waals surface area contributed by atoms with E-state index in [-0.39, 0.29) is 5.54 Å². The van der Waals surface area contributed by atoms with Gasteiger partial charge in [0.05, 0.1) is 0 Å². The van der Waals surface area contributed by atoms with Crippen LogP contribution in [0.2, 0.25) is 0 Å². The maximum absolute atomic E-state index is 13.8. The van der Waals surface area contributed by atoms with Crippen LogP contribution in [0.3, 0.4) is 0 Å². The first-order valence-corrected chi connectivity index (χ1v) is 5.42. The molecule has 0 bridgehead atoms. The van der Waals surface area contributed by atoms with Crippen molar-refractivity contribution >= 4 is 0 Å². The third-order valence-corrected chi connectivity index (χ3v) is 3.25. The molecule has 1 aliphatic carbocycles. The minimum Gasteiger partial charge on any atom is -0.321 e. The van der Waals surface area contributed by atoms with Crippen LogP contribution >= 0.6 is 0 Å². The van der Waals surface area contributed by atoms with Crippen LogP contribution < -0.4 is 5.73 Å². The van der Waals surface area contributed by atoms with Gasteiger partial charge in [0.25, 0.3) is 0 Å². The number of nitrogens with two attached hydrogens (primary N) is 1. The molecule has 1 aromatic rings. The molecule has 1 aromatic carbocycles. The topological polar surface area (TPSA) is 26.0 Å². The Morgan fingerprint density at radius 2 is 1.93 bits per heavy atom. The molecule has 0 aromatic heterocycles. The van der Waals surface area contributed by atoms with Gasteiger partial charge in [-0.3, -0.25) is 0 Å². The first-order chi connectivity index (χ1) is 6.83. The highest BCUT2D eigenvalue weighted by Gasteiger charge is 2.41. The van der Waals surface area contributed by atoms with Crippen molar-refractivity contribution < 1.29 is 4.39 Å². The van der Waals surface area contributed by atoms with E-state index >= 15 is 0 Å². The second-order valence-electron chi connectivity index (χ2n) is 5.16. The molecular weight excluding hydrogens is 189 g/mol. The van der Waals surface area contributed by atoms with Gasteiger partial charge in [0, 0.05) is 5.54 Å². The van der Waals surface area contributed by atoms with E-state index < -0.39 is 5.67 Å². The third kappa shape index (κ3) is 1.91. The van der Waals surface area contributed by atoms with Crippen molar-refractivity contribution in [2.24, 2.45) is 5.73 Å². The van der Waals surface area contributed by atoms with Crippen LogP contribution in [0.25, 0.3) is 0 Å². The van der Waals surface area contributed by atoms with Gasteiger partial charge in [-0.15, -0.1) is 0 Å². The largest absolute Gasteiger partial charge is 0.321 e. The van der Waals surface area contributed by atoms with Gasteiger partial charge in [-0.2, -0.15) is 0 Å². The molecule has 0 amide bonds. The van der Waals surface area contributed by atoms with Crippen molar-refractivity contribution in [2.75, 3.05) is 0 Å². The van der Waals surface area contributed by atoms with E-state index in [2.05, 4.69) is 0 Å². The molecule has 0 aliphatic heterocycles. The number of rotatable bonds is 2. The second-order valence-corrected chi connectivity index (χ2v) is 5.16. The summed E-state index contributed by atoms with van der Waals surface area (Å²) in [6.45, 7) is 5.20. The minimum absolute atomic E-state index is 0.175. The summed E-state index contributed by atoms with van der Waals surface area (Å²) in [6, 6.07) is 5.76. The van der Waals surface area contributed by atoms with E-state index in [1.54, 1.807) is 13.8 Å². The molecule has 2 heteroatoms. The molecule has 1 fully saturated rings. The Morgan fingerprint density at radius 3 is 2.40 bits per heavy atom. The first kappa shape index (κ1) is 10.6. The predicted octanol–water partition coefficient (Wildman–Crippen LogP) is 3.15. The van der Waals surface area contributed by atoms with Gasteiger partial charge in [-0.05, 0) is 50.3 Å². The van der Waals surface area contributed by atoms with E-state index in [1.807, 2.05) is 25.1 Å². The SMILES string of the molecule is Cc1ccc(C(C)(C)F)cc1C1(N)CC1. The Kier molecular flexibility index (Phi) is 2.16. The molecule has 0 heterocycles. The highest BCUT2D eigenvalue weighted by molar-refractivity contribution is 5.41. The smallest absolute Gasteiger partial charge is 0.130 e. The molecular formula is C13H18FN. The summed E-state index contributed by atoms with van der Waals surface area (Å²) < 4.78 is 13.8. The molecule has 1 aliphatic rings. The summed E-state index contributed by atoms with van der Waals surface area (Å²) in [6.07, 6.45) is 2.04. The Bertz CT molecular complexity index is 386. The summed E-state index contributed by atoms with van der Waals surface area (Å²) in [5.41, 5.74) is 7.71. The van der Waals surface area contributed by atoms with Crippen LogP contribution in [0.4, 0.5) is 4.39 Å². The summed E-state index contributed by atoms with van der Waals surface area (Å²) >= 11 is 0. The van der Waals surface area contributed by atoms with Crippen LogP contribution in [-0.4, -0.2) is 0 Å². The predicted molar refractivity (Wildman–Crippen MR) is 60.4 cm³/mol. The lowest BCUT2D eigenvalue weighted by molar-refractivity contribution is 0.221. The van der Waals surface area contributed by atoms with E-state index in [9.17, 15) is 4.39 Å². The Morgan fingerprint density at radius 1 is 1.33 bits per heavy atom. The molecule has 1 saturated carbocycles. The fourth-order valence-corrected chi connectivity index (χ4v) is 1.93. The molecule has 2 rings (SSSR count). The van der Waals surface area contributed by atoms with Crippen molar-refractivity contribution in [3.63, 3.8) is 0 Å². The van der Waals surface area contributed by atoms with Crippen molar-refractivity contribution in [3.8, 4) is 0 Å². The summed E-state index contributed by atoms with van der Waals surface area (Å²) in [7, 11) is 0. The lowest BCUT2D eigenvalue weighted by Crippen LogP contribution is -2.21. The molecule has 0 spiro atoms. The molecule has 0 atom stereocenters. The van der Waals surface area contributed by atoms with Crippen molar-refractivity contribution in [2.45, 2.75) is 44.8 Å². The van der Waals surface area contributed by atoms with Gasteiger partial charge < -0.3 is 5.73 Å². The standard InChI is InChI=1S/C13H18FN/c1-9-4-5-10(12(2,3)14)8-11(9)13(15)6-7-13/h4-5,8H,6-7,15H2,1-3H3. The fourth-order valence-electron chi connectivity index (χ4n) is 1.93. The number of aryl methyl sites for hydroxylation is 1. The number of benzene rings is 1. The van der Waals surface area contributed by atoms with Gasteiger partial charge in [0.1, 0.15) is 5.67 Å². The van der Waals surface area contributed by atoms with Gasteiger partial charge in [-0.1, -0.05) is 18.2 Å². The monoisotopic (exact) mass is 207 g/mol. The van der Waals surface area contributed by atoms with E-state index in [1.165, 1.54) is 5.56 Å². The minimum atomic E-state index is -1.28. The Labute approximate surface area is 90.5 Å². The summed E-state index contributed by atoms with van der Waals surface area (Å²) in [4.78, 5) is 0. The highest BCUT2D eigenvalue weighted by atomic mass is 19.1. The van der Waals surface area contributed by atoms with E-state index in [4.69, 9.17) is 5.73 Å².